The Bertz CT molecular complexity index is 619. The van der Waals surface area contributed by atoms with Crippen molar-refractivity contribution in [3.63, 3.8) is 0 Å². The highest BCUT2D eigenvalue weighted by molar-refractivity contribution is 6.38. The van der Waals surface area contributed by atoms with E-state index in [-0.39, 0.29) is 17.7 Å². The van der Waals surface area contributed by atoms with Crippen molar-refractivity contribution in [1.82, 2.24) is 0 Å². The summed E-state index contributed by atoms with van der Waals surface area (Å²) in [4.78, 5) is 12.2. The predicted molar refractivity (Wildman–Crippen MR) is 106 cm³/mol. The van der Waals surface area contributed by atoms with Crippen LogP contribution in [0.15, 0.2) is 0 Å². The molecule has 2 N–H and O–H groups in total. The van der Waals surface area contributed by atoms with Crippen LogP contribution in [-0.4, -0.2) is 29.0 Å². The van der Waals surface area contributed by atoms with Crippen LogP contribution in [-0.2, 0) is 9.53 Å². The minimum Gasteiger partial charge on any atom is -0.461 e. The fourth-order valence-corrected chi connectivity index (χ4v) is 7.89. The molecule has 0 heterocycles. The Labute approximate surface area is 163 Å². The predicted octanol–water partition coefficient (Wildman–Crippen LogP) is 4.59. The third-order valence-electron chi connectivity index (χ3n) is 9.26. The van der Waals surface area contributed by atoms with Crippen LogP contribution >= 0.6 is 0 Å². The van der Waals surface area contributed by atoms with Crippen molar-refractivity contribution in [3.05, 3.63) is 0 Å². The number of hydrogen-bond acceptors (Lipinski definition) is 4. The summed E-state index contributed by atoms with van der Waals surface area (Å²) in [5, 5.41) is 20.0. The molecule has 4 saturated carbocycles. The van der Waals surface area contributed by atoms with Crippen molar-refractivity contribution in [2.45, 2.75) is 84.2 Å². The molecule has 4 fully saturated rings. The lowest BCUT2D eigenvalue weighted by molar-refractivity contribution is -0.139. The Morgan fingerprint density at radius 3 is 2.56 bits per heavy atom. The second-order valence-corrected chi connectivity index (χ2v) is 10.3. The summed E-state index contributed by atoms with van der Waals surface area (Å²) >= 11 is 0. The molecule has 0 amide bonds. The topological polar surface area (TPSA) is 70.4 Å². The zero-order chi connectivity index (χ0) is 19.4. The van der Waals surface area contributed by atoms with Crippen molar-refractivity contribution in [2.75, 3.05) is 6.61 Å². The summed E-state index contributed by atoms with van der Waals surface area (Å²) in [5.41, 5.74) is -1.87. The van der Waals surface area contributed by atoms with E-state index < -0.39 is 11.6 Å². The zero-order valence-corrected chi connectivity index (χ0v) is 17.3. The Morgan fingerprint density at radius 2 is 1.81 bits per heavy atom. The van der Waals surface area contributed by atoms with E-state index in [1.807, 2.05) is 0 Å². The third-order valence-corrected chi connectivity index (χ3v) is 9.26. The van der Waals surface area contributed by atoms with Gasteiger partial charge in [-0.05, 0) is 93.8 Å². The molecule has 0 aromatic rings. The Morgan fingerprint density at radius 1 is 1.07 bits per heavy atom. The maximum Gasteiger partial charge on any atom is 0.355 e. The number of carbonyl (C=O) groups is 1. The van der Waals surface area contributed by atoms with E-state index in [1.165, 1.54) is 32.1 Å². The first-order chi connectivity index (χ1) is 12.8. The molecule has 4 rings (SSSR count). The standard InChI is InChI=1S/C23H37NO3/c1-4-27-21(25)20(24)23(26)12-10-19-18-8-6-15-13-14(2)5-7-16(15)17(18)9-11-22(19,23)3/h14-19,24,26H,4-13H2,1-3H3. The molecule has 152 valence electrons. The Kier molecular flexibility index (Phi) is 4.93. The number of hydrogen-bond donors (Lipinski definition) is 2. The number of aliphatic hydroxyl groups is 1. The van der Waals surface area contributed by atoms with Crippen molar-refractivity contribution in [1.29, 1.82) is 5.41 Å². The second kappa shape index (κ2) is 6.86. The summed E-state index contributed by atoms with van der Waals surface area (Å²) in [5.74, 6) is 3.96. The maximum atomic E-state index is 12.2. The molecule has 4 aliphatic rings. The number of rotatable bonds is 3. The van der Waals surface area contributed by atoms with E-state index in [1.54, 1.807) is 6.92 Å². The van der Waals surface area contributed by atoms with E-state index in [0.29, 0.717) is 18.3 Å². The van der Waals surface area contributed by atoms with Gasteiger partial charge in [0.2, 0.25) is 0 Å². The molecule has 0 aromatic heterocycles. The molecular formula is C23H37NO3. The van der Waals surface area contributed by atoms with E-state index >= 15 is 0 Å². The SMILES string of the molecule is CCOC(=O)C(=N)C1(O)CCC2C3CCC4CC(C)CCC4C3CCC21C. The first-order valence-corrected chi connectivity index (χ1v) is 11.3. The van der Waals surface area contributed by atoms with Crippen molar-refractivity contribution in [3.8, 4) is 0 Å². The van der Waals surface area contributed by atoms with Crippen LogP contribution in [0.4, 0.5) is 0 Å². The van der Waals surface area contributed by atoms with E-state index in [0.717, 1.165) is 42.9 Å². The number of ether oxygens (including phenoxy) is 1. The van der Waals surface area contributed by atoms with Gasteiger partial charge >= 0.3 is 5.97 Å². The van der Waals surface area contributed by atoms with Crippen molar-refractivity contribution >= 4 is 11.7 Å². The summed E-state index contributed by atoms with van der Waals surface area (Å²) in [6.45, 7) is 6.58. The fourth-order valence-electron chi connectivity index (χ4n) is 7.89. The van der Waals surface area contributed by atoms with Crippen LogP contribution in [0.3, 0.4) is 0 Å². The molecule has 27 heavy (non-hydrogen) atoms. The van der Waals surface area contributed by atoms with Crippen molar-refractivity contribution < 1.29 is 14.6 Å². The number of esters is 1. The van der Waals surface area contributed by atoms with Gasteiger partial charge in [-0.1, -0.05) is 20.3 Å². The number of fused-ring (bicyclic) bond motifs is 5. The summed E-state index contributed by atoms with van der Waals surface area (Å²) in [6.07, 6.45) is 10.4. The lowest BCUT2D eigenvalue weighted by Gasteiger charge is -2.57. The quantitative estimate of drug-likeness (QED) is 0.560. The van der Waals surface area contributed by atoms with Crippen LogP contribution in [0.2, 0.25) is 0 Å². The van der Waals surface area contributed by atoms with E-state index in [2.05, 4.69) is 13.8 Å². The molecule has 8 unspecified atom stereocenters. The van der Waals surface area contributed by atoms with Gasteiger partial charge in [-0.3, -0.25) is 5.41 Å². The van der Waals surface area contributed by atoms with Crippen LogP contribution in [0.1, 0.15) is 78.6 Å². The van der Waals surface area contributed by atoms with Crippen LogP contribution in [0, 0.1) is 46.3 Å². The fraction of sp³-hybridized carbons (Fsp3) is 0.913. The first-order valence-electron chi connectivity index (χ1n) is 11.3. The summed E-state index contributed by atoms with van der Waals surface area (Å²) in [6, 6.07) is 0. The smallest absolute Gasteiger partial charge is 0.355 e. The molecule has 4 heteroatoms. The maximum absolute atomic E-state index is 12.2. The third kappa shape index (κ3) is 2.81. The lowest BCUT2D eigenvalue weighted by atomic mass is 9.48. The van der Waals surface area contributed by atoms with Gasteiger partial charge in [0.05, 0.1) is 6.61 Å². The molecule has 0 radical (unpaired) electrons. The van der Waals surface area contributed by atoms with Gasteiger partial charge in [-0.15, -0.1) is 0 Å². The van der Waals surface area contributed by atoms with Crippen LogP contribution < -0.4 is 0 Å². The number of carbonyl (C=O) groups excluding carboxylic acids is 1. The summed E-state index contributed by atoms with van der Waals surface area (Å²) < 4.78 is 5.07. The molecule has 8 atom stereocenters. The minimum absolute atomic E-state index is 0.201. The van der Waals surface area contributed by atoms with E-state index in [9.17, 15) is 9.90 Å². The second-order valence-electron chi connectivity index (χ2n) is 10.3. The molecule has 0 saturated heterocycles. The summed E-state index contributed by atoms with van der Waals surface area (Å²) in [7, 11) is 0. The van der Waals surface area contributed by atoms with Gasteiger partial charge in [0.1, 0.15) is 11.3 Å². The largest absolute Gasteiger partial charge is 0.461 e. The molecule has 0 aromatic carbocycles. The highest BCUT2D eigenvalue weighted by Gasteiger charge is 2.65. The minimum atomic E-state index is -1.31. The highest BCUT2D eigenvalue weighted by atomic mass is 16.5. The molecule has 0 bridgehead atoms. The van der Waals surface area contributed by atoms with E-state index in [4.69, 9.17) is 10.1 Å². The zero-order valence-electron chi connectivity index (χ0n) is 17.3. The van der Waals surface area contributed by atoms with Gasteiger partial charge < -0.3 is 9.84 Å². The van der Waals surface area contributed by atoms with Crippen molar-refractivity contribution in [2.24, 2.45) is 40.9 Å². The first kappa shape index (κ1) is 19.4. The van der Waals surface area contributed by atoms with Gasteiger partial charge in [-0.25, -0.2) is 4.79 Å². The van der Waals surface area contributed by atoms with Gasteiger partial charge in [0, 0.05) is 5.41 Å². The Balaban J connectivity index is 1.56. The monoisotopic (exact) mass is 375 g/mol. The molecule has 0 spiro atoms. The van der Waals surface area contributed by atoms with Gasteiger partial charge in [0.25, 0.3) is 0 Å². The molecule has 4 nitrogen and oxygen atoms in total. The molecular weight excluding hydrogens is 338 g/mol. The molecule has 4 aliphatic carbocycles. The number of nitrogens with one attached hydrogen (secondary N) is 1. The lowest BCUT2D eigenvalue weighted by Crippen LogP contribution is -2.58. The van der Waals surface area contributed by atoms with Crippen LogP contribution in [0.25, 0.3) is 0 Å². The van der Waals surface area contributed by atoms with Gasteiger partial charge in [0.15, 0.2) is 0 Å². The normalized spacial score (nSPS) is 48.9. The average Bonchev–Trinajstić information content (AvgIpc) is 2.93. The highest BCUT2D eigenvalue weighted by Crippen LogP contribution is 2.65. The van der Waals surface area contributed by atoms with Gasteiger partial charge in [-0.2, -0.15) is 0 Å². The Hall–Kier alpha value is -0.900. The molecule has 0 aliphatic heterocycles. The average molecular weight is 376 g/mol. The van der Waals surface area contributed by atoms with Crippen LogP contribution in [0.5, 0.6) is 0 Å².